The molecule has 0 fully saturated rings. The van der Waals surface area contributed by atoms with E-state index in [0.29, 0.717) is 33.9 Å². The van der Waals surface area contributed by atoms with Crippen molar-refractivity contribution in [3.8, 4) is 5.75 Å². The summed E-state index contributed by atoms with van der Waals surface area (Å²) in [5.41, 5.74) is 8.18. The number of nitrogens with one attached hydrogen (secondary N) is 2. The van der Waals surface area contributed by atoms with Crippen LogP contribution >= 0.6 is 0 Å². The van der Waals surface area contributed by atoms with Crippen molar-refractivity contribution in [2.24, 2.45) is 0 Å². The largest absolute Gasteiger partial charge is 0.427 e. The van der Waals surface area contributed by atoms with Gasteiger partial charge in [0.25, 0.3) is 11.8 Å². The van der Waals surface area contributed by atoms with Crippen molar-refractivity contribution in [3.05, 3.63) is 83.9 Å². The minimum absolute atomic E-state index is 0.260. The number of anilines is 3. The van der Waals surface area contributed by atoms with Gasteiger partial charge in [-0.3, -0.25) is 14.4 Å². The summed E-state index contributed by atoms with van der Waals surface area (Å²) in [6, 6.07) is 19.6. The molecule has 0 aliphatic heterocycles. The zero-order valence-electron chi connectivity index (χ0n) is 15.6. The lowest BCUT2D eigenvalue weighted by Crippen LogP contribution is -2.13. The lowest BCUT2D eigenvalue weighted by Gasteiger charge is -2.09. The van der Waals surface area contributed by atoms with Gasteiger partial charge in [-0.05, 0) is 66.7 Å². The van der Waals surface area contributed by atoms with Crippen molar-refractivity contribution in [3.63, 3.8) is 0 Å². The molecular weight excluding hydrogens is 370 g/mol. The summed E-state index contributed by atoms with van der Waals surface area (Å²) in [6.45, 7) is 1.29. The fraction of sp³-hybridized carbons (Fsp3) is 0.0455. The second-order valence-corrected chi connectivity index (χ2v) is 6.23. The Labute approximate surface area is 167 Å². The molecule has 0 aliphatic carbocycles. The molecule has 0 saturated heterocycles. The molecule has 146 valence electrons. The Kier molecular flexibility index (Phi) is 5.89. The molecule has 0 saturated carbocycles. The molecule has 0 heterocycles. The Bertz CT molecular complexity index is 1040. The van der Waals surface area contributed by atoms with Crippen molar-refractivity contribution in [1.82, 2.24) is 0 Å². The Morgan fingerprint density at radius 1 is 0.759 bits per heavy atom. The van der Waals surface area contributed by atoms with Gasteiger partial charge in [0.2, 0.25) is 0 Å². The number of benzene rings is 3. The summed E-state index contributed by atoms with van der Waals surface area (Å²) in [5, 5.41) is 5.53. The van der Waals surface area contributed by atoms with Crippen LogP contribution in [0.25, 0.3) is 0 Å². The zero-order valence-corrected chi connectivity index (χ0v) is 15.6. The monoisotopic (exact) mass is 389 g/mol. The molecule has 0 spiro atoms. The second kappa shape index (κ2) is 8.71. The molecule has 0 unspecified atom stereocenters. The first kappa shape index (κ1) is 19.6. The number of esters is 1. The van der Waals surface area contributed by atoms with Gasteiger partial charge >= 0.3 is 5.97 Å². The third-order valence-electron chi connectivity index (χ3n) is 3.93. The van der Waals surface area contributed by atoms with Crippen molar-refractivity contribution in [2.75, 3.05) is 16.4 Å². The molecule has 29 heavy (non-hydrogen) atoms. The standard InChI is InChI=1S/C22H19N3O4/c1-14(26)29-20-4-2-3-16(13-20)22(28)25-19-11-9-18(10-12-19)24-21(27)15-5-7-17(23)8-6-15/h2-13H,23H2,1H3,(H,24,27)(H,25,28). The molecule has 3 aromatic rings. The molecular formula is C22H19N3O4. The van der Waals surface area contributed by atoms with E-state index in [0.717, 1.165) is 0 Å². The lowest BCUT2D eigenvalue weighted by atomic mass is 10.2. The molecule has 0 radical (unpaired) electrons. The number of amides is 2. The first-order valence-electron chi connectivity index (χ1n) is 8.77. The van der Waals surface area contributed by atoms with Gasteiger partial charge in [-0.25, -0.2) is 0 Å². The van der Waals surface area contributed by atoms with Crippen LogP contribution in [-0.4, -0.2) is 17.8 Å². The number of nitrogen functional groups attached to an aromatic ring is 1. The van der Waals surface area contributed by atoms with Gasteiger partial charge in [0.1, 0.15) is 5.75 Å². The zero-order chi connectivity index (χ0) is 20.8. The highest BCUT2D eigenvalue weighted by molar-refractivity contribution is 6.06. The third kappa shape index (κ3) is 5.43. The third-order valence-corrected chi connectivity index (χ3v) is 3.93. The molecule has 7 heteroatoms. The highest BCUT2D eigenvalue weighted by atomic mass is 16.5. The van der Waals surface area contributed by atoms with Crippen LogP contribution in [-0.2, 0) is 4.79 Å². The summed E-state index contributed by atoms with van der Waals surface area (Å²) in [4.78, 5) is 35.7. The Morgan fingerprint density at radius 2 is 1.31 bits per heavy atom. The Hall–Kier alpha value is -4.13. The number of ether oxygens (including phenoxy) is 1. The van der Waals surface area contributed by atoms with Crippen LogP contribution in [0.1, 0.15) is 27.6 Å². The predicted molar refractivity (Wildman–Crippen MR) is 111 cm³/mol. The van der Waals surface area contributed by atoms with Crippen LogP contribution in [0.3, 0.4) is 0 Å². The summed E-state index contributed by atoms with van der Waals surface area (Å²) < 4.78 is 4.98. The van der Waals surface area contributed by atoms with E-state index < -0.39 is 5.97 Å². The van der Waals surface area contributed by atoms with Crippen molar-refractivity contribution in [2.45, 2.75) is 6.92 Å². The molecule has 0 atom stereocenters. The maximum Gasteiger partial charge on any atom is 0.308 e. The number of carbonyl (C=O) groups is 3. The van der Waals surface area contributed by atoms with E-state index in [-0.39, 0.29) is 11.8 Å². The first-order valence-corrected chi connectivity index (χ1v) is 8.77. The Morgan fingerprint density at radius 3 is 1.86 bits per heavy atom. The molecule has 4 N–H and O–H groups in total. The van der Waals surface area contributed by atoms with Gasteiger partial charge in [0, 0.05) is 35.1 Å². The van der Waals surface area contributed by atoms with Crippen molar-refractivity contribution < 1.29 is 19.1 Å². The van der Waals surface area contributed by atoms with Gasteiger partial charge in [-0.15, -0.1) is 0 Å². The first-order chi connectivity index (χ1) is 13.9. The summed E-state index contributed by atoms with van der Waals surface area (Å²) in [5.74, 6) is -0.772. The van der Waals surface area contributed by atoms with E-state index >= 15 is 0 Å². The van der Waals surface area contributed by atoms with Crippen LogP contribution in [0.2, 0.25) is 0 Å². The minimum Gasteiger partial charge on any atom is -0.427 e. The smallest absolute Gasteiger partial charge is 0.308 e. The average molecular weight is 389 g/mol. The van der Waals surface area contributed by atoms with E-state index in [2.05, 4.69) is 10.6 Å². The molecule has 0 aromatic heterocycles. The highest BCUT2D eigenvalue weighted by Crippen LogP contribution is 2.18. The van der Waals surface area contributed by atoms with Gasteiger partial charge < -0.3 is 21.1 Å². The van der Waals surface area contributed by atoms with Crippen LogP contribution in [0.4, 0.5) is 17.1 Å². The molecule has 7 nitrogen and oxygen atoms in total. The molecule has 3 aromatic carbocycles. The van der Waals surface area contributed by atoms with E-state index in [1.165, 1.54) is 13.0 Å². The minimum atomic E-state index is -0.459. The van der Waals surface area contributed by atoms with Gasteiger partial charge in [-0.2, -0.15) is 0 Å². The van der Waals surface area contributed by atoms with Crippen molar-refractivity contribution in [1.29, 1.82) is 0 Å². The van der Waals surface area contributed by atoms with Gasteiger partial charge in [0.05, 0.1) is 0 Å². The maximum atomic E-state index is 12.4. The molecule has 3 rings (SSSR count). The average Bonchev–Trinajstić information content (AvgIpc) is 2.69. The fourth-order valence-electron chi connectivity index (χ4n) is 2.54. The number of rotatable bonds is 5. The Balaban J connectivity index is 1.63. The number of carbonyl (C=O) groups excluding carboxylic acids is 3. The van der Waals surface area contributed by atoms with Crippen LogP contribution < -0.4 is 21.1 Å². The quantitative estimate of drug-likeness (QED) is 0.350. The number of hydrogen-bond donors (Lipinski definition) is 3. The molecule has 0 aliphatic rings. The number of hydrogen-bond acceptors (Lipinski definition) is 5. The van der Waals surface area contributed by atoms with E-state index in [1.807, 2.05) is 0 Å². The topological polar surface area (TPSA) is 111 Å². The van der Waals surface area contributed by atoms with E-state index in [1.54, 1.807) is 66.7 Å². The second-order valence-electron chi connectivity index (χ2n) is 6.23. The molecule has 2 amide bonds. The van der Waals surface area contributed by atoms with Crippen LogP contribution in [0, 0.1) is 0 Å². The van der Waals surface area contributed by atoms with Gasteiger partial charge in [0.15, 0.2) is 0 Å². The predicted octanol–water partition coefficient (Wildman–Crippen LogP) is 3.70. The molecule has 0 bridgehead atoms. The SMILES string of the molecule is CC(=O)Oc1cccc(C(=O)Nc2ccc(NC(=O)c3ccc(N)cc3)cc2)c1. The summed E-state index contributed by atoms with van der Waals surface area (Å²) >= 11 is 0. The van der Waals surface area contributed by atoms with Crippen LogP contribution in [0.15, 0.2) is 72.8 Å². The fourth-order valence-corrected chi connectivity index (χ4v) is 2.54. The summed E-state index contributed by atoms with van der Waals surface area (Å²) in [7, 11) is 0. The van der Waals surface area contributed by atoms with Crippen molar-refractivity contribution >= 4 is 34.8 Å². The van der Waals surface area contributed by atoms with Crippen LogP contribution in [0.5, 0.6) is 5.75 Å². The number of nitrogens with two attached hydrogens (primary N) is 1. The normalized spacial score (nSPS) is 10.1. The summed E-state index contributed by atoms with van der Waals surface area (Å²) in [6.07, 6.45) is 0. The van der Waals surface area contributed by atoms with E-state index in [4.69, 9.17) is 10.5 Å². The maximum absolute atomic E-state index is 12.4. The van der Waals surface area contributed by atoms with Gasteiger partial charge in [-0.1, -0.05) is 6.07 Å². The van der Waals surface area contributed by atoms with E-state index in [9.17, 15) is 14.4 Å². The highest BCUT2D eigenvalue weighted by Gasteiger charge is 2.09. The lowest BCUT2D eigenvalue weighted by molar-refractivity contribution is -0.131.